The van der Waals surface area contributed by atoms with Gasteiger partial charge in [-0.2, -0.15) is 0 Å². The normalized spacial score (nSPS) is 10.1. The van der Waals surface area contributed by atoms with Crippen LogP contribution in [0.4, 0.5) is 17.1 Å². The molecule has 0 spiro atoms. The van der Waals surface area contributed by atoms with E-state index in [1.807, 2.05) is 0 Å². The van der Waals surface area contributed by atoms with E-state index in [1.54, 1.807) is 24.3 Å². The van der Waals surface area contributed by atoms with Crippen LogP contribution in [-0.4, -0.2) is 29.6 Å². The summed E-state index contributed by atoms with van der Waals surface area (Å²) in [6, 6.07) is 11.1. The number of methoxy groups -OCH3 is 1. The SMILES string of the molecule is COc1ccc([N+](=O)[O-])cc1NC(=O)CSc1ccccc1NC(C)=O. The molecule has 0 aromatic heterocycles. The minimum absolute atomic E-state index is 0.0580. The second-order valence-electron chi connectivity index (χ2n) is 5.16. The number of hydrogen-bond donors (Lipinski definition) is 2. The Balaban J connectivity index is 2.07. The van der Waals surface area contributed by atoms with Crippen molar-refractivity contribution in [1.82, 2.24) is 0 Å². The zero-order valence-electron chi connectivity index (χ0n) is 14.1. The fourth-order valence-corrected chi connectivity index (χ4v) is 2.93. The highest BCUT2D eigenvalue weighted by Crippen LogP contribution is 2.30. The molecule has 0 atom stereocenters. The average Bonchev–Trinajstić information content (AvgIpc) is 2.60. The fraction of sp³-hybridized carbons (Fsp3) is 0.176. The molecule has 136 valence electrons. The molecule has 0 heterocycles. The Kier molecular flexibility index (Phi) is 6.56. The molecule has 26 heavy (non-hydrogen) atoms. The molecule has 0 aliphatic carbocycles. The number of anilines is 2. The monoisotopic (exact) mass is 375 g/mol. The van der Waals surface area contributed by atoms with E-state index in [2.05, 4.69) is 10.6 Å². The van der Waals surface area contributed by atoms with Crippen LogP contribution in [0.3, 0.4) is 0 Å². The lowest BCUT2D eigenvalue weighted by Gasteiger charge is -2.11. The summed E-state index contributed by atoms with van der Waals surface area (Å²) in [5.41, 5.74) is 0.693. The highest BCUT2D eigenvalue weighted by molar-refractivity contribution is 8.00. The van der Waals surface area contributed by atoms with Gasteiger partial charge < -0.3 is 15.4 Å². The van der Waals surface area contributed by atoms with Crippen LogP contribution in [0.5, 0.6) is 5.75 Å². The third kappa shape index (κ3) is 5.21. The second kappa shape index (κ2) is 8.86. The number of nitro benzene ring substituents is 1. The number of rotatable bonds is 7. The van der Waals surface area contributed by atoms with Gasteiger partial charge in [0.1, 0.15) is 5.75 Å². The lowest BCUT2D eigenvalue weighted by molar-refractivity contribution is -0.384. The van der Waals surface area contributed by atoms with Crippen molar-refractivity contribution in [3.8, 4) is 5.75 Å². The number of para-hydroxylation sites is 1. The Morgan fingerprint density at radius 2 is 1.88 bits per heavy atom. The van der Waals surface area contributed by atoms with Crippen molar-refractivity contribution in [2.75, 3.05) is 23.5 Å². The predicted octanol–water partition coefficient (Wildman–Crippen LogP) is 3.29. The number of nitrogens with zero attached hydrogens (tertiary/aromatic N) is 1. The highest BCUT2D eigenvalue weighted by Gasteiger charge is 2.14. The van der Waals surface area contributed by atoms with E-state index >= 15 is 0 Å². The molecular weight excluding hydrogens is 358 g/mol. The standard InChI is InChI=1S/C17H17N3O5S/c1-11(21)18-13-5-3-4-6-16(13)26-10-17(22)19-14-9-12(20(23)24)7-8-15(14)25-2/h3-9H,10H2,1-2H3,(H,18,21)(H,19,22). The molecule has 0 fully saturated rings. The van der Waals surface area contributed by atoms with Gasteiger partial charge in [0, 0.05) is 24.0 Å². The highest BCUT2D eigenvalue weighted by atomic mass is 32.2. The molecule has 9 heteroatoms. The molecule has 2 N–H and O–H groups in total. The van der Waals surface area contributed by atoms with Gasteiger partial charge in [-0.05, 0) is 18.2 Å². The van der Waals surface area contributed by atoms with Crippen LogP contribution < -0.4 is 15.4 Å². The summed E-state index contributed by atoms with van der Waals surface area (Å²) in [5.74, 6) is -0.175. The quantitative estimate of drug-likeness (QED) is 0.436. The molecule has 2 rings (SSSR count). The third-order valence-electron chi connectivity index (χ3n) is 3.22. The average molecular weight is 375 g/mol. The number of ether oxygens (including phenoxy) is 1. The molecule has 2 aromatic carbocycles. The van der Waals surface area contributed by atoms with Crippen LogP contribution in [0.2, 0.25) is 0 Å². The van der Waals surface area contributed by atoms with Gasteiger partial charge in [0.05, 0.1) is 29.2 Å². The molecule has 0 saturated heterocycles. The van der Waals surface area contributed by atoms with Gasteiger partial charge in [-0.15, -0.1) is 11.8 Å². The number of amides is 2. The number of non-ortho nitro benzene ring substituents is 1. The van der Waals surface area contributed by atoms with Gasteiger partial charge in [0.2, 0.25) is 11.8 Å². The van der Waals surface area contributed by atoms with E-state index < -0.39 is 4.92 Å². The van der Waals surface area contributed by atoms with E-state index in [0.717, 1.165) is 4.90 Å². The number of nitro groups is 1. The number of carbonyl (C=O) groups is 2. The van der Waals surface area contributed by atoms with Crippen LogP contribution >= 0.6 is 11.8 Å². The van der Waals surface area contributed by atoms with Gasteiger partial charge in [0.25, 0.3) is 5.69 Å². The maximum Gasteiger partial charge on any atom is 0.271 e. The number of benzene rings is 2. The van der Waals surface area contributed by atoms with E-state index in [4.69, 9.17) is 4.74 Å². The van der Waals surface area contributed by atoms with Crippen molar-refractivity contribution in [1.29, 1.82) is 0 Å². The van der Waals surface area contributed by atoms with Crippen LogP contribution in [0, 0.1) is 10.1 Å². The lowest BCUT2D eigenvalue weighted by atomic mass is 10.2. The molecule has 0 aliphatic heterocycles. The van der Waals surface area contributed by atoms with Crippen LogP contribution in [0.25, 0.3) is 0 Å². The van der Waals surface area contributed by atoms with Crippen molar-refractivity contribution < 1.29 is 19.2 Å². The fourth-order valence-electron chi connectivity index (χ4n) is 2.12. The van der Waals surface area contributed by atoms with Crippen molar-refractivity contribution in [3.05, 3.63) is 52.6 Å². The van der Waals surface area contributed by atoms with Gasteiger partial charge in [0.15, 0.2) is 0 Å². The first-order valence-electron chi connectivity index (χ1n) is 7.52. The summed E-state index contributed by atoms with van der Waals surface area (Å²) >= 11 is 1.24. The van der Waals surface area contributed by atoms with Crippen molar-refractivity contribution >= 4 is 40.6 Å². The Morgan fingerprint density at radius 3 is 2.54 bits per heavy atom. The molecule has 0 unspecified atom stereocenters. The van der Waals surface area contributed by atoms with Gasteiger partial charge in [-0.3, -0.25) is 19.7 Å². The number of carbonyl (C=O) groups excluding carboxylic acids is 2. The van der Waals surface area contributed by atoms with Crippen LogP contribution in [-0.2, 0) is 9.59 Å². The van der Waals surface area contributed by atoms with Crippen LogP contribution in [0.15, 0.2) is 47.4 Å². The summed E-state index contributed by atoms with van der Waals surface area (Å²) in [4.78, 5) is 34.5. The molecule has 0 saturated carbocycles. The molecule has 0 aliphatic rings. The van der Waals surface area contributed by atoms with E-state index in [-0.39, 0.29) is 28.9 Å². The first-order valence-corrected chi connectivity index (χ1v) is 8.51. The molecule has 0 bridgehead atoms. The second-order valence-corrected chi connectivity index (χ2v) is 6.17. The number of nitrogens with one attached hydrogen (secondary N) is 2. The smallest absolute Gasteiger partial charge is 0.271 e. The zero-order valence-corrected chi connectivity index (χ0v) is 15.0. The lowest BCUT2D eigenvalue weighted by Crippen LogP contribution is -2.15. The maximum atomic E-state index is 12.2. The molecule has 0 radical (unpaired) electrons. The minimum Gasteiger partial charge on any atom is -0.495 e. The number of hydrogen-bond acceptors (Lipinski definition) is 6. The summed E-state index contributed by atoms with van der Waals surface area (Å²) in [7, 11) is 1.41. The van der Waals surface area contributed by atoms with E-state index in [9.17, 15) is 19.7 Å². The Morgan fingerprint density at radius 1 is 1.15 bits per heavy atom. The third-order valence-corrected chi connectivity index (χ3v) is 4.30. The van der Waals surface area contributed by atoms with Crippen LogP contribution in [0.1, 0.15) is 6.92 Å². The first-order chi connectivity index (χ1) is 12.4. The predicted molar refractivity (Wildman–Crippen MR) is 99.7 cm³/mol. The minimum atomic E-state index is -0.548. The molecular formula is C17H17N3O5S. The summed E-state index contributed by atoms with van der Waals surface area (Å²) in [5, 5.41) is 16.2. The Labute approximate surface area is 154 Å². The summed E-state index contributed by atoms with van der Waals surface area (Å²) < 4.78 is 5.11. The van der Waals surface area contributed by atoms with Crippen molar-refractivity contribution in [2.45, 2.75) is 11.8 Å². The van der Waals surface area contributed by atoms with Crippen molar-refractivity contribution in [3.63, 3.8) is 0 Å². The van der Waals surface area contributed by atoms with E-state index in [0.29, 0.717) is 11.4 Å². The van der Waals surface area contributed by atoms with Gasteiger partial charge in [-0.1, -0.05) is 12.1 Å². The molecule has 2 aromatic rings. The molecule has 8 nitrogen and oxygen atoms in total. The first kappa shape index (κ1) is 19.3. The largest absolute Gasteiger partial charge is 0.495 e. The maximum absolute atomic E-state index is 12.2. The number of thioether (sulfide) groups is 1. The summed E-state index contributed by atoms with van der Waals surface area (Å²) in [6.45, 7) is 1.41. The zero-order chi connectivity index (χ0) is 19.1. The topological polar surface area (TPSA) is 111 Å². The van der Waals surface area contributed by atoms with Gasteiger partial charge in [-0.25, -0.2) is 0 Å². The van der Waals surface area contributed by atoms with Gasteiger partial charge >= 0.3 is 0 Å². The summed E-state index contributed by atoms with van der Waals surface area (Å²) in [6.07, 6.45) is 0. The molecule has 2 amide bonds. The van der Waals surface area contributed by atoms with E-state index in [1.165, 1.54) is 44.0 Å². The van der Waals surface area contributed by atoms with Crippen molar-refractivity contribution in [2.24, 2.45) is 0 Å². The Bertz CT molecular complexity index is 841. The Hall–Kier alpha value is -3.07.